The number of hydrogen-bond donors (Lipinski definition) is 1. The van der Waals surface area contributed by atoms with Gasteiger partial charge in [0.2, 0.25) is 11.5 Å². The van der Waals surface area contributed by atoms with Crippen LogP contribution in [0, 0.1) is 0 Å². The van der Waals surface area contributed by atoms with Gasteiger partial charge in [-0.05, 0) is 37.3 Å². The maximum absolute atomic E-state index is 12.1. The van der Waals surface area contributed by atoms with E-state index in [1.165, 1.54) is 0 Å². The fourth-order valence-corrected chi connectivity index (χ4v) is 1.63. The van der Waals surface area contributed by atoms with Crippen molar-refractivity contribution in [1.29, 1.82) is 0 Å². The van der Waals surface area contributed by atoms with E-state index in [0.717, 1.165) is 5.70 Å². The molecule has 0 spiro atoms. The molecule has 0 unspecified atom stereocenters. The van der Waals surface area contributed by atoms with Gasteiger partial charge in [0.05, 0.1) is 6.61 Å². The van der Waals surface area contributed by atoms with Gasteiger partial charge < -0.3 is 14.8 Å². The van der Waals surface area contributed by atoms with E-state index in [0.29, 0.717) is 31.1 Å². The molecular weight excluding hydrogens is 278 g/mol. The molecule has 0 heterocycles. The van der Waals surface area contributed by atoms with Crippen LogP contribution in [0.1, 0.15) is 17.3 Å². The zero-order valence-corrected chi connectivity index (χ0v) is 12.9. The zero-order chi connectivity index (χ0) is 16.4. The smallest absolute Gasteiger partial charge is 0.235 e. The fourth-order valence-electron chi connectivity index (χ4n) is 1.63. The van der Waals surface area contributed by atoms with Crippen molar-refractivity contribution in [3.05, 3.63) is 72.8 Å². The minimum atomic E-state index is -0.243. The molecule has 4 nitrogen and oxygen atoms in total. The van der Waals surface area contributed by atoms with Crippen LogP contribution in [0.2, 0.25) is 0 Å². The Labute approximate surface area is 131 Å². The van der Waals surface area contributed by atoms with Crippen molar-refractivity contribution in [1.82, 2.24) is 5.32 Å². The van der Waals surface area contributed by atoms with Gasteiger partial charge in [-0.3, -0.25) is 4.79 Å². The van der Waals surface area contributed by atoms with Crippen LogP contribution < -0.4 is 10.1 Å². The molecule has 0 amide bonds. The molecule has 0 aliphatic rings. The van der Waals surface area contributed by atoms with Crippen LogP contribution in [0.15, 0.2) is 67.3 Å². The normalized spacial score (nSPS) is 9.32. The number of ether oxygens (including phenoxy) is 2. The zero-order valence-electron chi connectivity index (χ0n) is 12.9. The summed E-state index contributed by atoms with van der Waals surface area (Å²) in [7, 11) is 0. The van der Waals surface area contributed by atoms with Crippen LogP contribution in [0.25, 0.3) is 0 Å². The number of Topliss-reactive ketones (excluding diaryl/α,β-unsaturated/α-hetero) is 1. The van der Waals surface area contributed by atoms with Crippen LogP contribution in [0.3, 0.4) is 0 Å². The Hall–Kier alpha value is -2.71. The summed E-state index contributed by atoms with van der Waals surface area (Å²) in [5.41, 5.74) is 3.77. The Morgan fingerprint density at radius 2 is 2.05 bits per heavy atom. The van der Waals surface area contributed by atoms with Crippen molar-refractivity contribution in [3.63, 3.8) is 0 Å². The van der Waals surface area contributed by atoms with Crippen molar-refractivity contribution in [2.75, 3.05) is 19.8 Å². The van der Waals surface area contributed by atoms with Gasteiger partial charge in [-0.25, -0.2) is 0 Å². The lowest BCUT2D eigenvalue weighted by Crippen LogP contribution is -2.19. The van der Waals surface area contributed by atoms with Crippen LogP contribution >= 0.6 is 0 Å². The number of carbonyl (C=O) groups is 1. The number of hydrogen-bond acceptors (Lipinski definition) is 4. The number of rotatable bonds is 10. The summed E-state index contributed by atoms with van der Waals surface area (Å²) in [5, 5.41) is 3.04. The van der Waals surface area contributed by atoms with E-state index in [9.17, 15) is 4.79 Å². The van der Waals surface area contributed by atoms with Gasteiger partial charge in [-0.2, -0.15) is 0 Å². The number of nitrogens with one attached hydrogen (secondary N) is 1. The lowest BCUT2D eigenvalue weighted by molar-refractivity contribution is 0.0928. The summed E-state index contributed by atoms with van der Waals surface area (Å²) in [6.07, 6.45) is 1.64. The van der Waals surface area contributed by atoms with Crippen LogP contribution in [0.4, 0.5) is 0 Å². The van der Waals surface area contributed by atoms with E-state index < -0.39 is 0 Å². The number of carbonyl (C=O) groups excluding carboxylic acids is 1. The first-order valence-corrected chi connectivity index (χ1v) is 6.98. The highest BCUT2D eigenvalue weighted by atomic mass is 16.5. The Morgan fingerprint density at radius 1 is 1.36 bits per heavy atom. The molecule has 0 saturated carbocycles. The van der Waals surface area contributed by atoms with E-state index in [-0.39, 0.29) is 11.5 Å². The minimum Gasteiger partial charge on any atom is -0.492 e. The average Bonchev–Trinajstić information content (AvgIpc) is 2.56. The molecule has 0 bridgehead atoms. The Bertz CT molecular complexity index is 581. The van der Waals surface area contributed by atoms with Gasteiger partial charge in [0, 0.05) is 17.8 Å². The second-order valence-corrected chi connectivity index (χ2v) is 4.30. The number of benzene rings is 1. The SMILES string of the molecule is C=C=C(OCC)C(=O)c1ccc(OCCNC(=C)C=C)cc1. The molecule has 1 aromatic rings. The molecule has 1 rings (SSSR count). The largest absolute Gasteiger partial charge is 0.492 e. The van der Waals surface area contributed by atoms with Crippen molar-refractivity contribution in [3.8, 4) is 5.75 Å². The molecule has 0 aromatic heterocycles. The van der Waals surface area contributed by atoms with Crippen molar-refractivity contribution < 1.29 is 14.3 Å². The summed E-state index contributed by atoms with van der Waals surface area (Å²) in [5.74, 6) is 0.568. The predicted octanol–water partition coefficient (Wildman–Crippen LogP) is 3.24. The lowest BCUT2D eigenvalue weighted by atomic mass is 10.1. The molecule has 1 N–H and O–H groups in total. The van der Waals surface area contributed by atoms with E-state index in [1.54, 1.807) is 37.3 Å². The minimum absolute atomic E-state index is 0.128. The predicted molar refractivity (Wildman–Crippen MR) is 87.9 cm³/mol. The third-order valence-electron chi connectivity index (χ3n) is 2.74. The molecule has 0 radical (unpaired) electrons. The van der Waals surface area contributed by atoms with E-state index in [2.05, 4.69) is 30.8 Å². The summed E-state index contributed by atoms with van der Waals surface area (Å²) in [6, 6.07) is 6.85. The average molecular weight is 299 g/mol. The lowest BCUT2D eigenvalue weighted by Gasteiger charge is -2.09. The maximum Gasteiger partial charge on any atom is 0.235 e. The molecule has 0 aliphatic carbocycles. The first-order valence-electron chi connectivity index (χ1n) is 6.98. The number of ketones is 1. The van der Waals surface area contributed by atoms with Crippen molar-refractivity contribution >= 4 is 5.78 Å². The van der Waals surface area contributed by atoms with Crippen LogP contribution in [-0.4, -0.2) is 25.5 Å². The third kappa shape index (κ3) is 5.35. The van der Waals surface area contributed by atoms with Gasteiger partial charge in [0.1, 0.15) is 12.4 Å². The second kappa shape index (κ2) is 9.27. The first kappa shape index (κ1) is 17.3. The standard InChI is InChI=1S/C18H21NO3/c1-5-14(4)19-12-13-22-16-10-8-15(9-11-16)18(20)17(6-2)21-7-3/h5,8-11,19H,1-2,4,7,12-13H2,3H3. The Morgan fingerprint density at radius 3 is 2.59 bits per heavy atom. The highest BCUT2D eigenvalue weighted by Gasteiger charge is 2.12. The van der Waals surface area contributed by atoms with E-state index in [4.69, 9.17) is 9.47 Å². The van der Waals surface area contributed by atoms with Crippen LogP contribution in [0.5, 0.6) is 5.75 Å². The topological polar surface area (TPSA) is 47.6 Å². The Kier molecular flexibility index (Phi) is 7.31. The van der Waals surface area contributed by atoms with E-state index in [1.807, 2.05) is 0 Å². The summed E-state index contributed by atoms with van der Waals surface area (Å²) >= 11 is 0. The second-order valence-electron chi connectivity index (χ2n) is 4.30. The molecule has 4 heteroatoms. The summed E-state index contributed by atoms with van der Waals surface area (Å²) < 4.78 is 10.7. The van der Waals surface area contributed by atoms with E-state index >= 15 is 0 Å². The van der Waals surface area contributed by atoms with Gasteiger partial charge >= 0.3 is 0 Å². The van der Waals surface area contributed by atoms with Gasteiger partial charge in [-0.15, -0.1) is 0 Å². The molecule has 0 atom stereocenters. The molecule has 1 aromatic carbocycles. The molecule has 116 valence electrons. The van der Waals surface area contributed by atoms with Gasteiger partial charge in [0.15, 0.2) is 0 Å². The molecule has 22 heavy (non-hydrogen) atoms. The highest BCUT2D eigenvalue weighted by molar-refractivity contribution is 6.07. The molecular formula is C18H21NO3. The molecule has 0 fully saturated rings. The highest BCUT2D eigenvalue weighted by Crippen LogP contribution is 2.15. The summed E-state index contributed by atoms with van der Waals surface area (Å²) in [4.78, 5) is 12.1. The molecule has 0 aliphatic heterocycles. The van der Waals surface area contributed by atoms with Crippen molar-refractivity contribution in [2.45, 2.75) is 6.92 Å². The molecule has 0 saturated heterocycles. The number of allylic oxidation sites excluding steroid dienone is 2. The van der Waals surface area contributed by atoms with Crippen LogP contribution in [-0.2, 0) is 4.74 Å². The maximum atomic E-state index is 12.1. The van der Waals surface area contributed by atoms with Crippen molar-refractivity contribution in [2.24, 2.45) is 0 Å². The fraction of sp³-hybridized carbons (Fsp3) is 0.222. The first-order chi connectivity index (χ1) is 10.6. The monoisotopic (exact) mass is 299 g/mol. The van der Waals surface area contributed by atoms with Gasteiger partial charge in [0.25, 0.3) is 0 Å². The third-order valence-corrected chi connectivity index (χ3v) is 2.74. The quantitative estimate of drug-likeness (QED) is 0.180. The summed E-state index contributed by atoms with van der Waals surface area (Å²) in [6.45, 7) is 14.1. The van der Waals surface area contributed by atoms with Gasteiger partial charge in [-0.1, -0.05) is 25.5 Å². The Balaban J connectivity index is 2.56.